The topological polar surface area (TPSA) is 63.3 Å². The van der Waals surface area contributed by atoms with Gasteiger partial charge in [0.25, 0.3) is 0 Å². The summed E-state index contributed by atoms with van der Waals surface area (Å²) in [5, 5.41) is 8.56. The van der Waals surface area contributed by atoms with E-state index in [1.54, 1.807) is 0 Å². The predicted molar refractivity (Wildman–Crippen MR) is 60.5 cm³/mol. The SMILES string of the molecule is NC(CSc1ccc(Br)cc1)C(=O)O. The highest BCUT2D eigenvalue weighted by molar-refractivity contribution is 9.10. The largest absolute Gasteiger partial charge is 0.480 e. The molecule has 0 amide bonds. The van der Waals surface area contributed by atoms with E-state index in [0.29, 0.717) is 5.75 Å². The maximum Gasteiger partial charge on any atom is 0.321 e. The molecule has 0 aliphatic rings. The average Bonchev–Trinajstić information content (AvgIpc) is 2.16. The Labute approximate surface area is 94.8 Å². The molecule has 1 unspecified atom stereocenters. The Morgan fingerprint density at radius 3 is 2.57 bits per heavy atom. The van der Waals surface area contributed by atoms with Gasteiger partial charge in [-0.1, -0.05) is 15.9 Å². The molecule has 1 rings (SSSR count). The summed E-state index contributed by atoms with van der Waals surface area (Å²) in [6, 6.07) is 6.86. The molecule has 1 aromatic rings. The molecule has 0 fully saturated rings. The van der Waals surface area contributed by atoms with Crippen molar-refractivity contribution in [2.75, 3.05) is 5.75 Å². The van der Waals surface area contributed by atoms with Crippen molar-refractivity contribution in [2.24, 2.45) is 5.73 Å². The fraction of sp³-hybridized carbons (Fsp3) is 0.222. The van der Waals surface area contributed by atoms with Crippen LogP contribution in [0.25, 0.3) is 0 Å². The van der Waals surface area contributed by atoms with Crippen molar-refractivity contribution in [3.63, 3.8) is 0 Å². The summed E-state index contributed by atoms with van der Waals surface area (Å²) in [6.07, 6.45) is 0. The van der Waals surface area contributed by atoms with Gasteiger partial charge in [-0.25, -0.2) is 0 Å². The number of thioether (sulfide) groups is 1. The lowest BCUT2D eigenvalue weighted by molar-refractivity contribution is -0.137. The van der Waals surface area contributed by atoms with Crippen LogP contribution in [0, 0.1) is 0 Å². The number of hydrogen-bond donors (Lipinski definition) is 2. The van der Waals surface area contributed by atoms with E-state index in [0.717, 1.165) is 9.37 Å². The van der Waals surface area contributed by atoms with Crippen molar-refractivity contribution in [1.29, 1.82) is 0 Å². The molecule has 0 radical (unpaired) electrons. The first-order valence-corrected chi connectivity index (χ1v) is 5.74. The van der Waals surface area contributed by atoms with Gasteiger partial charge in [-0.15, -0.1) is 11.8 Å². The minimum absolute atomic E-state index is 0.386. The molecule has 0 saturated carbocycles. The van der Waals surface area contributed by atoms with Crippen LogP contribution in [0.4, 0.5) is 0 Å². The third-order valence-corrected chi connectivity index (χ3v) is 3.22. The van der Waals surface area contributed by atoms with E-state index in [2.05, 4.69) is 15.9 Å². The Balaban J connectivity index is 2.46. The van der Waals surface area contributed by atoms with Gasteiger partial charge in [0.2, 0.25) is 0 Å². The maximum absolute atomic E-state index is 10.4. The summed E-state index contributed by atoms with van der Waals surface area (Å²) in [5.41, 5.74) is 5.36. The molecule has 1 aromatic carbocycles. The summed E-state index contributed by atoms with van der Waals surface area (Å²) in [5.74, 6) is -0.577. The second-order valence-corrected chi connectivity index (χ2v) is 4.72. The summed E-state index contributed by atoms with van der Waals surface area (Å²) in [7, 11) is 0. The molecule has 1 atom stereocenters. The molecule has 0 aliphatic carbocycles. The van der Waals surface area contributed by atoms with Crippen LogP contribution in [0.15, 0.2) is 33.6 Å². The van der Waals surface area contributed by atoms with Crippen LogP contribution in [0.1, 0.15) is 0 Å². The number of benzene rings is 1. The van der Waals surface area contributed by atoms with Gasteiger partial charge in [0.05, 0.1) is 0 Å². The van der Waals surface area contributed by atoms with Crippen LogP contribution in [0.2, 0.25) is 0 Å². The molecule has 14 heavy (non-hydrogen) atoms. The molecule has 3 nitrogen and oxygen atoms in total. The first-order chi connectivity index (χ1) is 6.59. The number of aliphatic carboxylic acids is 1. The lowest BCUT2D eigenvalue weighted by atomic mass is 10.4. The lowest BCUT2D eigenvalue weighted by Crippen LogP contribution is -2.32. The monoisotopic (exact) mass is 275 g/mol. The second-order valence-electron chi connectivity index (χ2n) is 2.71. The van der Waals surface area contributed by atoms with Crippen molar-refractivity contribution >= 4 is 33.7 Å². The molecular formula is C9H10BrNO2S. The molecule has 0 aliphatic heterocycles. The van der Waals surface area contributed by atoms with Crippen LogP contribution >= 0.6 is 27.7 Å². The first-order valence-electron chi connectivity index (χ1n) is 3.96. The summed E-state index contributed by atoms with van der Waals surface area (Å²) < 4.78 is 1.00. The van der Waals surface area contributed by atoms with Crippen molar-refractivity contribution in [2.45, 2.75) is 10.9 Å². The number of nitrogens with two attached hydrogens (primary N) is 1. The highest BCUT2D eigenvalue weighted by Gasteiger charge is 2.11. The lowest BCUT2D eigenvalue weighted by Gasteiger charge is -2.05. The van der Waals surface area contributed by atoms with E-state index in [-0.39, 0.29) is 0 Å². The van der Waals surface area contributed by atoms with E-state index in [9.17, 15) is 4.79 Å². The van der Waals surface area contributed by atoms with Crippen LogP contribution in [0.3, 0.4) is 0 Å². The summed E-state index contributed by atoms with van der Waals surface area (Å²) in [6.45, 7) is 0. The van der Waals surface area contributed by atoms with E-state index < -0.39 is 12.0 Å². The van der Waals surface area contributed by atoms with Crippen molar-refractivity contribution in [3.8, 4) is 0 Å². The number of hydrogen-bond acceptors (Lipinski definition) is 3. The third kappa shape index (κ3) is 3.69. The standard InChI is InChI=1S/C9H10BrNO2S/c10-6-1-3-7(4-2-6)14-5-8(11)9(12)13/h1-4,8H,5,11H2,(H,12,13). The molecule has 3 N–H and O–H groups in total. The minimum atomic E-state index is -0.963. The van der Waals surface area contributed by atoms with E-state index in [1.165, 1.54) is 11.8 Å². The molecule has 5 heteroatoms. The highest BCUT2D eigenvalue weighted by atomic mass is 79.9. The van der Waals surface area contributed by atoms with Crippen LogP contribution in [0.5, 0.6) is 0 Å². The fourth-order valence-electron chi connectivity index (χ4n) is 0.788. The van der Waals surface area contributed by atoms with E-state index in [1.807, 2.05) is 24.3 Å². The van der Waals surface area contributed by atoms with Gasteiger partial charge in [-0.3, -0.25) is 4.79 Å². The quantitative estimate of drug-likeness (QED) is 0.825. The normalized spacial score (nSPS) is 12.4. The zero-order valence-corrected chi connectivity index (χ0v) is 9.72. The Morgan fingerprint density at radius 1 is 1.50 bits per heavy atom. The third-order valence-electron chi connectivity index (χ3n) is 1.56. The van der Waals surface area contributed by atoms with Crippen molar-refractivity contribution in [3.05, 3.63) is 28.7 Å². The highest BCUT2D eigenvalue weighted by Crippen LogP contribution is 2.20. The number of carboxylic acids is 1. The maximum atomic E-state index is 10.4. The van der Waals surface area contributed by atoms with Crippen LogP contribution < -0.4 is 5.73 Å². The summed E-state index contributed by atoms with van der Waals surface area (Å²) >= 11 is 4.76. The van der Waals surface area contributed by atoms with E-state index in [4.69, 9.17) is 10.8 Å². The smallest absolute Gasteiger partial charge is 0.321 e. The van der Waals surface area contributed by atoms with Gasteiger partial charge in [-0.2, -0.15) is 0 Å². The van der Waals surface area contributed by atoms with E-state index >= 15 is 0 Å². The summed E-state index contributed by atoms with van der Waals surface area (Å²) in [4.78, 5) is 11.4. The Hall–Kier alpha value is -0.520. The average molecular weight is 276 g/mol. The zero-order valence-electron chi connectivity index (χ0n) is 7.31. The zero-order chi connectivity index (χ0) is 10.6. The molecule has 0 aromatic heterocycles. The Morgan fingerprint density at radius 2 is 2.07 bits per heavy atom. The molecule has 0 bridgehead atoms. The first kappa shape index (κ1) is 11.6. The van der Waals surface area contributed by atoms with Gasteiger partial charge in [0.15, 0.2) is 0 Å². The van der Waals surface area contributed by atoms with Gasteiger partial charge in [0.1, 0.15) is 6.04 Å². The number of carboxylic acid groups (broad SMARTS) is 1. The molecule has 0 saturated heterocycles. The Bertz CT molecular complexity index is 315. The van der Waals surface area contributed by atoms with Crippen LogP contribution in [-0.4, -0.2) is 22.9 Å². The van der Waals surface area contributed by atoms with Gasteiger partial charge in [0, 0.05) is 15.1 Å². The fourth-order valence-corrected chi connectivity index (χ4v) is 1.90. The van der Waals surface area contributed by atoms with Gasteiger partial charge < -0.3 is 10.8 Å². The predicted octanol–water partition coefficient (Wildman–Crippen LogP) is 1.95. The number of halogens is 1. The number of carbonyl (C=O) groups is 1. The molecule has 0 heterocycles. The van der Waals surface area contributed by atoms with Crippen molar-refractivity contribution < 1.29 is 9.90 Å². The molecular weight excluding hydrogens is 266 g/mol. The van der Waals surface area contributed by atoms with Crippen molar-refractivity contribution in [1.82, 2.24) is 0 Å². The van der Waals surface area contributed by atoms with Gasteiger partial charge in [-0.05, 0) is 24.3 Å². The molecule has 76 valence electrons. The Kier molecular flexibility index (Phi) is 4.44. The second kappa shape index (κ2) is 5.38. The minimum Gasteiger partial charge on any atom is -0.480 e. The van der Waals surface area contributed by atoms with Crippen LogP contribution in [-0.2, 0) is 4.79 Å². The van der Waals surface area contributed by atoms with Gasteiger partial charge >= 0.3 is 5.97 Å². The molecule has 0 spiro atoms. The number of rotatable bonds is 4.